The van der Waals surface area contributed by atoms with Gasteiger partial charge in [0.1, 0.15) is 18.0 Å². The van der Waals surface area contributed by atoms with Gasteiger partial charge in [-0.25, -0.2) is 19.9 Å². The molecule has 0 unspecified atom stereocenters. The van der Waals surface area contributed by atoms with Gasteiger partial charge in [-0.05, 0) is 12.1 Å². The molecule has 0 saturated heterocycles. The van der Waals surface area contributed by atoms with Crippen LogP contribution in [0.25, 0.3) is 22.6 Å². The van der Waals surface area contributed by atoms with Crippen LogP contribution in [0.3, 0.4) is 0 Å². The van der Waals surface area contributed by atoms with E-state index in [1.54, 1.807) is 12.4 Å². The van der Waals surface area contributed by atoms with Gasteiger partial charge in [-0.15, -0.1) is 0 Å². The maximum absolute atomic E-state index is 4.46. The Bertz CT molecular complexity index is 673. The van der Waals surface area contributed by atoms with Crippen molar-refractivity contribution in [2.75, 3.05) is 19.0 Å². The van der Waals surface area contributed by atoms with Crippen LogP contribution in [0.15, 0.2) is 30.9 Å². The largest absolute Gasteiger partial charge is 0.363 e. The van der Waals surface area contributed by atoms with E-state index in [4.69, 9.17) is 0 Å². The van der Waals surface area contributed by atoms with Gasteiger partial charge < -0.3 is 9.88 Å². The fourth-order valence-corrected chi connectivity index (χ4v) is 1.69. The number of nitrogens with zero attached hydrogens (tertiary/aromatic N) is 5. The van der Waals surface area contributed by atoms with Crippen molar-refractivity contribution < 1.29 is 0 Å². The molecule has 3 heterocycles. The molecule has 0 saturated carbocycles. The summed E-state index contributed by atoms with van der Waals surface area (Å²) in [4.78, 5) is 22.0. The molecule has 0 radical (unpaired) electrons. The zero-order chi connectivity index (χ0) is 12.5. The maximum atomic E-state index is 4.46. The number of fused-ring (bicyclic) bond motifs is 1. The van der Waals surface area contributed by atoms with Crippen LogP contribution in [0.4, 0.5) is 5.82 Å². The Morgan fingerprint density at radius 3 is 2.56 bits per heavy atom. The van der Waals surface area contributed by atoms with E-state index in [2.05, 4.69) is 24.9 Å². The van der Waals surface area contributed by atoms with Crippen LogP contribution in [0.1, 0.15) is 0 Å². The average molecular weight is 240 g/mol. The second-order valence-electron chi connectivity index (χ2n) is 4.15. The van der Waals surface area contributed by atoms with Crippen molar-refractivity contribution in [2.45, 2.75) is 0 Å². The highest BCUT2D eigenvalue weighted by atomic mass is 15.1. The van der Waals surface area contributed by atoms with Crippen molar-refractivity contribution in [3.8, 4) is 11.4 Å². The molecule has 3 aromatic heterocycles. The molecule has 6 nitrogen and oxygen atoms in total. The number of pyridine rings is 1. The number of hydrogen-bond donors (Lipinski definition) is 1. The number of nitrogens with one attached hydrogen (secondary N) is 1. The SMILES string of the molecule is CN(C)c1ccc2[nH]c(-c3cncnc3)nc2n1. The number of aromatic amines is 1. The van der Waals surface area contributed by atoms with E-state index >= 15 is 0 Å². The van der Waals surface area contributed by atoms with Gasteiger partial charge in [-0.2, -0.15) is 0 Å². The summed E-state index contributed by atoms with van der Waals surface area (Å²) in [7, 11) is 3.90. The smallest absolute Gasteiger partial charge is 0.180 e. The first kappa shape index (κ1) is 10.6. The van der Waals surface area contributed by atoms with Crippen LogP contribution >= 0.6 is 0 Å². The van der Waals surface area contributed by atoms with Crippen molar-refractivity contribution in [3.05, 3.63) is 30.9 Å². The monoisotopic (exact) mass is 240 g/mol. The molecule has 0 amide bonds. The number of rotatable bonds is 2. The van der Waals surface area contributed by atoms with Crippen LogP contribution in [-0.4, -0.2) is 39.0 Å². The lowest BCUT2D eigenvalue weighted by molar-refractivity contribution is 1.08. The molecule has 0 spiro atoms. The van der Waals surface area contributed by atoms with E-state index in [1.807, 2.05) is 31.1 Å². The summed E-state index contributed by atoms with van der Waals surface area (Å²) in [6, 6.07) is 3.92. The lowest BCUT2D eigenvalue weighted by atomic mass is 10.3. The minimum atomic E-state index is 0.694. The molecule has 6 heteroatoms. The van der Waals surface area contributed by atoms with Gasteiger partial charge in [0.25, 0.3) is 0 Å². The minimum absolute atomic E-state index is 0.694. The van der Waals surface area contributed by atoms with Gasteiger partial charge in [-0.1, -0.05) is 0 Å². The highest BCUT2D eigenvalue weighted by Crippen LogP contribution is 2.19. The number of hydrogen-bond acceptors (Lipinski definition) is 5. The molecule has 0 aliphatic rings. The third kappa shape index (κ3) is 1.77. The standard InChI is InChI=1S/C12H12N6/c1-18(2)10-4-3-9-12(16-10)17-11(15-9)8-5-13-7-14-6-8/h3-7H,1-2H3,(H,15,16,17). The predicted octanol–water partition coefficient (Wildman–Crippen LogP) is 1.48. The van der Waals surface area contributed by atoms with E-state index in [9.17, 15) is 0 Å². The lowest BCUT2D eigenvalue weighted by Gasteiger charge is -2.09. The molecule has 0 bridgehead atoms. The molecular formula is C12H12N6. The Morgan fingerprint density at radius 1 is 1.06 bits per heavy atom. The van der Waals surface area contributed by atoms with Gasteiger partial charge in [0.05, 0.1) is 11.1 Å². The molecule has 3 aromatic rings. The van der Waals surface area contributed by atoms with Gasteiger partial charge >= 0.3 is 0 Å². The Labute approximate surface area is 104 Å². The van der Waals surface area contributed by atoms with Gasteiger partial charge in [0.2, 0.25) is 0 Å². The molecule has 0 aromatic carbocycles. The van der Waals surface area contributed by atoms with Crippen LogP contribution in [0.2, 0.25) is 0 Å². The Balaban J connectivity index is 2.11. The van der Waals surface area contributed by atoms with Crippen LogP contribution < -0.4 is 4.90 Å². The predicted molar refractivity (Wildman–Crippen MR) is 69.2 cm³/mol. The normalized spacial score (nSPS) is 10.8. The second-order valence-corrected chi connectivity index (χ2v) is 4.15. The third-order valence-corrected chi connectivity index (χ3v) is 2.62. The van der Waals surface area contributed by atoms with E-state index in [1.165, 1.54) is 6.33 Å². The summed E-state index contributed by atoms with van der Waals surface area (Å²) in [6.07, 6.45) is 4.93. The molecule has 3 rings (SSSR count). The zero-order valence-electron chi connectivity index (χ0n) is 10.1. The van der Waals surface area contributed by atoms with Crippen molar-refractivity contribution in [2.24, 2.45) is 0 Å². The van der Waals surface area contributed by atoms with Crippen molar-refractivity contribution >= 4 is 17.0 Å². The summed E-state index contributed by atoms with van der Waals surface area (Å²) >= 11 is 0. The molecule has 90 valence electrons. The van der Waals surface area contributed by atoms with E-state index < -0.39 is 0 Å². The van der Waals surface area contributed by atoms with E-state index in [0.717, 1.165) is 22.7 Å². The van der Waals surface area contributed by atoms with E-state index in [0.29, 0.717) is 5.65 Å². The molecule has 0 fully saturated rings. The second kappa shape index (κ2) is 4.06. The average Bonchev–Trinajstić information content (AvgIpc) is 2.82. The summed E-state index contributed by atoms with van der Waals surface area (Å²) in [5.74, 6) is 1.61. The summed E-state index contributed by atoms with van der Waals surface area (Å²) in [5.41, 5.74) is 2.45. The zero-order valence-corrected chi connectivity index (χ0v) is 10.1. The first-order valence-corrected chi connectivity index (χ1v) is 5.53. The molecule has 18 heavy (non-hydrogen) atoms. The first-order valence-electron chi connectivity index (χ1n) is 5.53. The number of H-pyrrole nitrogens is 1. The molecule has 0 atom stereocenters. The summed E-state index contributed by atoms with van der Waals surface area (Å²) in [5, 5.41) is 0. The topological polar surface area (TPSA) is 70.6 Å². The Hall–Kier alpha value is -2.50. The highest BCUT2D eigenvalue weighted by Gasteiger charge is 2.08. The molecule has 0 aliphatic heterocycles. The van der Waals surface area contributed by atoms with Crippen LogP contribution in [-0.2, 0) is 0 Å². The number of imidazole rings is 1. The van der Waals surface area contributed by atoms with Crippen molar-refractivity contribution in [1.29, 1.82) is 0 Å². The Morgan fingerprint density at radius 2 is 1.83 bits per heavy atom. The van der Waals surface area contributed by atoms with E-state index in [-0.39, 0.29) is 0 Å². The number of aromatic nitrogens is 5. The van der Waals surface area contributed by atoms with Gasteiger partial charge in [-0.3, -0.25) is 0 Å². The Kier molecular flexibility index (Phi) is 2.40. The number of anilines is 1. The fraction of sp³-hybridized carbons (Fsp3) is 0.167. The van der Waals surface area contributed by atoms with Crippen molar-refractivity contribution in [1.82, 2.24) is 24.9 Å². The van der Waals surface area contributed by atoms with Gasteiger partial charge in [0.15, 0.2) is 5.65 Å². The molecule has 0 aliphatic carbocycles. The fourth-order valence-electron chi connectivity index (χ4n) is 1.69. The van der Waals surface area contributed by atoms with Crippen LogP contribution in [0.5, 0.6) is 0 Å². The van der Waals surface area contributed by atoms with Crippen molar-refractivity contribution in [3.63, 3.8) is 0 Å². The lowest BCUT2D eigenvalue weighted by Crippen LogP contribution is -2.10. The third-order valence-electron chi connectivity index (χ3n) is 2.62. The maximum Gasteiger partial charge on any atom is 0.180 e. The molecular weight excluding hydrogens is 228 g/mol. The molecule has 1 N–H and O–H groups in total. The quantitative estimate of drug-likeness (QED) is 0.734. The van der Waals surface area contributed by atoms with Gasteiger partial charge in [0, 0.05) is 26.5 Å². The minimum Gasteiger partial charge on any atom is -0.363 e. The summed E-state index contributed by atoms with van der Waals surface area (Å²) < 4.78 is 0. The highest BCUT2D eigenvalue weighted by molar-refractivity contribution is 5.77. The van der Waals surface area contributed by atoms with Crippen LogP contribution in [0, 0.1) is 0 Å². The first-order chi connectivity index (χ1) is 8.74. The summed E-state index contributed by atoms with van der Waals surface area (Å²) in [6.45, 7) is 0.